The Morgan fingerprint density at radius 2 is 1.81 bits per heavy atom. The second-order valence-electron chi connectivity index (χ2n) is 8.00. The van der Waals surface area contributed by atoms with Crippen LogP contribution in [0.25, 0.3) is 32.8 Å². The summed E-state index contributed by atoms with van der Waals surface area (Å²) in [5.41, 5.74) is 3.30. The van der Waals surface area contributed by atoms with E-state index in [4.69, 9.17) is 4.98 Å². The molecule has 0 bridgehead atoms. The van der Waals surface area contributed by atoms with Crippen molar-refractivity contribution in [3.8, 4) is 11.1 Å². The highest BCUT2D eigenvalue weighted by molar-refractivity contribution is 5.95. The normalized spacial score (nSPS) is 17.8. The highest BCUT2D eigenvalue weighted by Crippen LogP contribution is 2.50. The lowest BCUT2D eigenvalue weighted by Crippen LogP contribution is -2.19. The average Bonchev–Trinajstić information content (AvgIpc) is 3.59. The first kappa shape index (κ1) is 18.0. The van der Waals surface area contributed by atoms with Crippen LogP contribution in [0.4, 0.5) is 4.39 Å². The lowest BCUT2D eigenvalue weighted by Gasteiger charge is -2.11. The van der Waals surface area contributed by atoms with Gasteiger partial charge in [-0.05, 0) is 47.2 Å². The van der Waals surface area contributed by atoms with Crippen LogP contribution < -0.4 is 5.56 Å². The Balaban J connectivity index is 1.43. The Hall–Kier alpha value is -3.86. The molecule has 1 aliphatic carbocycles. The summed E-state index contributed by atoms with van der Waals surface area (Å²) in [5, 5.41) is 2.56. The number of halogens is 1. The van der Waals surface area contributed by atoms with E-state index in [9.17, 15) is 9.18 Å². The molecule has 3 aromatic heterocycles. The molecule has 1 aliphatic rings. The van der Waals surface area contributed by atoms with Gasteiger partial charge in [-0.2, -0.15) is 4.39 Å². The van der Waals surface area contributed by atoms with E-state index >= 15 is 0 Å². The number of rotatable bonds is 3. The summed E-state index contributed by atoms with van der Waals surface area (Å²) in [6.45, 7) is 0. The van der Waals surface area contributed by atoms with E-state index in [2.05, 4.69) is 17.1 Å². The maximum Gasteiger partial charge on any atom is 0.259 e. The van der Waals surface area contributed by atoms with E-state index in [1.54, 1.807) is 6.07 Å². The third-order valence-electron chi connectivity index (χ3n) is 6.11. The fraction of sp³-hybridized carbons (Fsp3) is 0.115. The van der Waals surface area contributed by atoms with Gasteiger partial charge < -0.3 is 4.57 Å². The van der Waals surface area contributed by atoms with Crippen LogP contribution in [0.2, 0.25) is 0 Å². The Morgan fingerprint density at radius 1 is 0.935 bits per heavy atom. The molecule has 2 atom stereocenters. The molecule has 4 nitrogen and oxygen atoms in total. The monoisotopic (exact) mass is 407 g/mol. The van der Waals surface area contributed by atoms with E-state index < -0.39 is 5.95 Å². The zero-order chi connectivity index (χ0) is 20.9. The van der Waals surface area contributed by atoms with Gasteiger partial charge >= 0.3 is 0 Å². The molecule has 1 fully saturated rings. The number of benzene rings is 2. The number of hydrogen-bond acceptors (Lipinski definition) is 3. The second-order valence-corrected chi connectivity index (χ2v) is 8.00. The number of hydrogen-bond donors (Lipinski definition) is 0. The Labute approximate surface area is 177 Å². The maximum atomic E-state index is 13.7. The zero-order valence-electron chi connectivity index (χ0n) is 16.6. The maximum absolute atomic E-state index is 13.7. The third kappa shape index (κ3) is 3.01. The van der Waals surface area contributed by atoms with E-state index in [0.717, 1.165) is 34.0 Å². The van der Waals surface area contributed by atoms with Crippen molar-refractivity contribution in [2.24, 2.45) is 0 Å². The largest absolute Gasteiger partial charge is 0.311 e. The van der Waals surface area contributed by atoms with Crippen molar-refractivity contribution < 1.29 is 4.39 Å². The molecule has 5 heteroatoms. The van der Waals surface area contributed by atoms with Crippen LogP contribution in [0.3, 0.4) is 0 Å². The van der Waals surface area contributed by atoms with E-state index in [1.807, 2.05) is 59.3 Å². The predicted octanol–water partition coefficient (Wildman–Crippen LogP) is 5.48. The second kappa shape index (κ2) is 6.84. The highest BCUT2D eigenvalue weighted by Gasteiger charge is 2.41. The molecule has 0 saturated heterocycles. The van der Waals surface area contributed by atoms with Crippen molar-refractivity contribution >= 4 is 21.7 Å². The van der Waals surface area contributed by atoms with Crippen molar-refractivity contribution in [1.29, 1.82) is 0 Å². The fourth-order valence-corrected chi connectivity index (χ4v) is 4.47. The van der Waals surface area contributed by atoms with Gasteiger partial charge in [0, 0.05) is 41.5 Å². The molecule has 31 heavy (non-hydrogen) atoms. The van der Waals surface area contributed by atoms with Crippen molar-refractivity contribution in [3.05, 3.63) is 107 Å². The number of aromatic nitrogens is 3. The molecule has 0 aliphatic heterocycles. The molecule has 0 radical (unpaired) electrons. The fourth-order valence-electron chi connectivity index (χ4n) is 4.47. The summed E-state index contributed by atoms with van der Waals surface area (Å²) in [6.07, 6.45) is 4.17. The standard InChI is InChI=1S/C26H18FN3O/c27-24-14-18(10-12-28-24)19-6-3-5-17-11-13-30(26(31)25(17)19)23-15-20(23)22-9-8-16-4-1-2-7-21(16)29-22/h1-14,20,23H,15H2/t20-,23-/m1/s1. The van der Waals surface area contributed by atoms with Gasteiger partial charge in [0.15, 0.2) is 0 Å². The Kier molecular flexibility index (Phi) is 3.96. The molecule has 0 spiro atoms. The van der Waals surface area contributed by atoms with Crippen LogP contribution in [-0.4, -0.2) is 14.5 Å². The van der Waals surface area contributed by atoms with Gasteiger partial charge in [0.05, 0.1) is 10.9 Å². The number of fused-ring (bicyclic) bond motifs is 2. The average molecular weight is 407 g/mol. The van der Waals surface area contributed by atoms with Gasteiger partial charge in [-0.25, -0.2) is 4.98 Å². The van der Waals surface area contributed by atoms with Crippen LogP contribution in [0.5, 0.6) is 0 Å². The number of nitrogens with zero attached hydrogens (tertiary/aromatic N) is 3. The van der Waals surface area contributed by atoms with Gasteiger partial charge in [0.25, 0.3) is 5.56 Å². The molecule has 6 rings (SSSR count). The van der Waals surface area contributed by atoms with Gasteiger partial charge in [-0.15, -0.1) is 0 Å². The van der Waals surface area contributed by atoms with E-state index in [0.29, 0.717) is 10.9 Å². The van der Waals surface area contributed by atoms with Gasteiger partial charge in [0.1, 0.15) is 0 Å². The van der Waals surface area contributed by atoms with Gasteiger partial charge in [-0.3, -0.25) is 9.78 Å². The first-order valence-corrected chi connectivity index (χ1v) is 10.3. The SMILES string of the molecule is O=c1c2c(-c3ccnc(F)c3)cccc2ccn1[C@@H]1C[C@@H]1c1ccc2ccccc2n1. The summed E-state index contributed by atoms with van der Waals surface area (Å²) in [7, 11) is 0. The minimum atomic E-state index is -0.560. The number of para-hydroxylation sites is 1. The summed E-state index contributed by atoms with van der Waals surface area (Å²) in [5.74, 6) is -0.347. The molecule has 0 amide bonds. The van der Waals surface area contributed by atoms with Crippen molar-refractivity contribution in [1.82, 2.24) is 14.5 Å². The van der Waals surface area contributed by atoms with Gasteiger partial charge in [0.2, 0.25) is 5.95 Å². The van der Waals surface area contributed by atoms with Crippen LogP contribution >= 0.6 is 0 Å². The minimum absolute atomic E-state index is 0.0568. The van der Waals surface area contributed by atoms with E-state index in [-0.39, 0.29) is 17.5 Å². The summed E-state index contributed by atoms with van der Waals surface area (Å²) >= 11 is 0. The smallest absolute Gasteiger partial charge is 0.259 e. The van der Waals surface area contributed by atoms with E-state index in [1.165, 1.54) is 12.3 Å². The van der Waals surface area contributed by atoms with Crippen molar-refractivity contribution in [2.45, 2.75) is 18.4 Å². The predicted molar refractivity (Wildman–Crippen MR) is 120 cm³/mol. The summed E-state index contributed by atoms with van der Waals surface area (Å²) < 4.78 is 15.5. The topological polar surface area (TPSA) is 47.8 Å². The zero-order valence-corrected chi connectivity index (χ0v) is 16.6. The molecular formula is C26H18FN3O. The molecular weight excluding hydrogens is 389 g/mol. The first-order chi connectivity index (χ1) is 15.2. The van der Waals surface area contributed by atoms with Crippen LogP contribution in [0.1, 0.15) is 24.1 Å². The molecule has 1 saturated carbocycles. The first-order valence-electron chi connectivity index (χ1n) is 10.3. The Bertz CT molecular complexity index is 1520. The summed E-state index contributed by atoms with van der Waals surface area (Å²) in [6, 6.07) is 23.0. The minimum Gasteiger partial charge on any atom is -0.311 e. The molecule has 150 valence electrons. The van der Waals surface area contributed by atoms with Crippen LogP contribution in [0, 0.1) is 5.95 Å². The number of pyridine rings is 3. The molecule has 0 N–H and O–H groups in total. The lowest BCUT2D eigenvalue weighted by molar-refractivity contribution is 0.584. The molecule has 3 heterocycles. The van der Waals surface area contributed by atoms with Crippen LogP contribution in [-0.2, 0) is 0 Å². The third-order valence-corrected chi connectivity index (χ3v) is 6.11. The molecule has 2 aromatic carbocycles. The van der Waals surface area contributed by atoms with Crippen LogP contribution in [0.15, 0.2) is 90.0 Å². The molecule has 0 unspecified atom stereocenters. The highest BCUT2D eigenvalue weighted by atomic mass is 19.1. The quantitative estimate of drug-likeness (QED) is 0.372. The lowest BCUT2D eigenvalue weighted by atomic mass is 10.0. The Morgan fingerprint density at radius 3 is 2.71 bits per heavy atom. The van der Waals surface area contributed by atoms with Crippen molar-refractivity contribution in [2.75, 3.05) is 0 Å². The van der Waals surface area contributed by atoms with Crippen molar-refractivity contribution in [3.63, 3.8) is 0 Å². The molecule has 5 aromatic rings. The van der Waals surface area contributed by atoms with Gasteiger partial charge in [-0.1, -0.05) is 42.5 Å². The summed E-state index contributed by atoms with van der Waals surface area (Å²) in [4.78, 5) is 22.0.